The number of nitrogens with one attached hydrogen (secondary N) is 1. The summed E-state index contributed by atoms with van der Waals surface area (Å²) in [5.41, 5.74) is 3.52. The first kappa shape index (κ1) is 16.1. The van der Waals surface area contributed by atoms with Crippen LogP contribution in [0.25, 0.3) is 10.6 Å². The molecule has 1 aliphatic carbocycles. The van der Waals surface area contributed by atoms with E-state index in [2.05, 4.69) is 41.9 Å². The van der Waals surface area contributed by atoms with E-state index in [0.717, 1.165) is 35.5 Å². The summed E-state index contributed by atoms with van der Waals surface area (Å²) in [6.45, 7) is 3.28. The Morgan fingerprint density at radius 1 is 1.35 bits per heavy atom. The third-order valence-corrected chi connectivity index (χ3v) is 4.89. The summed E-state index contributed by atoms with van der Waals surface area (Å²) in [6.07, 6.45) is 3.31. The first-order valence-electron chi connectivity index (χ1n) is 8.15. The SMILES string of the molecule is CCc1ccc(-c2nc(CN(C)CC(=O)NC3CC3)cs2)cc1. The molecule has 5 heteroatoms. The van der Waals surface area contributed by atoms with E-state index >= 15 is 0 Å². The molecule has 0 unspecified atom stereocenters. The van der Waals surface area contributed by atoms with Crippen molar-refractivity contribution in [3.63, 3.8) is 0 Å². The molecular weight excluding hydrogens is 306 g/mol. The Balaban J connectivity index is 1.56. The molecule has 0 atom stereocenters. The van der Waals surface area contributed by atoms with Crippen LogP contribution in [0.15, 0.2) is 29.6 Å². The molecular formula is C18H23N3OS. The minimum Gasteiger partial charge on any atom is -0.352 e. The third-order valence-electron chi connectivity index (χ3n) is 3.95. The van der Waals surface area contributed by atoms with Crippen molar-refractivity contribution in [2.75, 3.05) is 13.6 Å². The summed E-state index contributed by atoms with van der Waals surface area (Å²) in [7, 11) is 1.96. The van der Waals surface area contributed by atoms with E-state index < -0.39 is 0 Å². The molecule has 1 saturated carbocycles. The van der Waals surface area contributed by atoms with Gasteiger partial charge >= 0.3 is 0 Å². The molecule has 0 bridgehead atoms. The van der Waals surface area contributed by atoms with Gasteiger partial charge in [-0.15, -0.1) is 11.3 Å². The molecule has 1 aliphatic rings. The fraction of sp³-hybridized carbons (Fsp3) is 0.444. The zero-order chi connectivity index (χ0) is 16.2. The predicted octanol–water partition coefficient (Wildman–Crippen LogP) is 3.08. The number of thiazole rings is 1. The number of aryl methyl sites for hydroxylation is 1. The van der Waals surface area contributed by atoms with Crippen molar-refractivity contribution < 1.29 is 4.79 Å². The molecule has 1 heterocycles. The molecule has 1 N–H and O–H groups in total. The van der Waals surface area contributed by atoms with Crippen LogP contribution in [0.2, 0.25) is 0 Å². The number of amides is 1. The molecule has 1 amide bonds. The second kappa shape index (κ2) is 7.23. The van der Waals surface area contributed by atoms with Gasteiger partial charge < -0.3 is 5.32 Å². The van der Waals surface area contributed by atoms with Crippen LogP contribution in [0.4, 0.5) is 0 Å². The van der Waals surface area contributed by atoms with Crippen molar-refractivity contribution >= 4 is 17.2 Å². The molecule has 0 radical (unpaired) electrons. The van der Waals surface area contributed by atoms with Gasteiger partial charge in [-0.05, 0) is 31.9 Å². The smallest absolute Gasteiger partial charge is 0.234 e. The molecule has 0 spiro atoms. The molecule has 1 fully saturated rings. The van der Waals surface area contributed by atoms with Crippen molar-refractivity contribution in [1.82, 2.24) is 15.2 Å². The summed E-state index contributed by atoms with van der Waals surface area (Å²) >= 11 is 1.66. The summed E-state index contributed by atoms with van der Waals surface area (Å²) in [5, 5.41) is 6.14. The van der Waals surface area contributed by atoms with Crippen LogP contribution in [0, 0.1) is 0 Å². The third kappa shape index (κ3) is 4.62. The molecule has 1 aromatic heterocycles. The Morgan fingerprint density at radius 2 is 2.09 bits per heavy atom. The number of carbonyl (C=O) groups is 1. The van der Waals surface area contributed by atoms with E-state index in [0.29, 0.717) is 19.1 Å². The fourth-order valence-electron chi connectivity index (χ4n) is 2.47. The standard InChI is InChI=1S/C18H23N3OS/c1-3-13-4-6-14(7-5-13)18-20-16(12-23-18)10-21(2)11-17(22)19-15-8-9-15/h4-7,12,15H,3,8-11H2,1-2H3,(H,19,22). The second-order valence-corrected chi connectivity index (χ2v) is 7.07. The Kier molecular flexibility index (Phi) is 5.08. The van der Waals surface area contributed by atoms with Crippen molar-refractivity contribution in [3.05, 3.63) is 40.9 Å². The molecule has 4 nitrogen and oxygen atoms in total. The zero-order valence-electron chi connectivity index (χ0n) is 13.7. The zero-order valence-corrected chi connectivity index (χ0v) is 14.5. The lowest BCUT2D eigenvalue weighted by atomic mass is 10.1. The van der Waals surface area contributed by atoms with Crippen molar-refractivity contribution in [2.45, 2.75) is 38.8 Å². The number of hydrogen-bond acceptors (Lipinski definition) is 4. The van der Waals surface area contributed by atoms with E-state index in [1.165, 1.54) is 5.56 Å². The average molecular weight is 329 g/mol. The van der Waals surface area contributed by atoms with E-state index in [9.17, 15) is 4.79 Å². The Hall–Kier alpha value is -1.72. The number of rotatable bonds is 7. The van der Waals surface area contributed by atoms with Gasteiger partial charge in [0.1, 0.15) is 5.01 Å². The molecule has 3 rings (SSSR count). The van der Waals surface area contributed by atoms with Crippen LogP contribution in [-0.4, -0.2) is 35.4 Å². The lowest BCUT2D eigenvalue weighted by molar-refractivity contribution is -0.122. The lowest BCUT2D eigenvalue weighted by Crippen LogP contribution is -2.35. The highest BCUT2D eigenvalue weighted by atomic mass is 32.1. The van der Waals surface area contributed by atoms with Gasteiger partial charge in [-0.2, -0.15) is 0 Å². The predicted molar refractivity (Wildman–Crippen MR) is 94.4 cm³/mol. The summed E-state index contributed by atoms with van der Waals surface area (Å²) in [5.74, 6) is 0.112. The molecule has 0 aliphatic heterocycles. The molecule has 2 aromatic rings. The monoisotopic (exact) mass is 329 g/mol. The molecule has 1 aromatic carbocycles. The Bertz CT molecular complexity index is 661. The molecule has 23 heavy (non-hydrogen) atoms. The first-order valence-corrected chi connectivity index (χ1v) is 9.03. The number of aromatic nitrogens is 1. The van der Waals surface area contributed by atoms with Crippen molar-refractivity contribution in [1.29, 1.82) is 0 Å². The highest BCUT2D eigenvalue weighted by Gasteiger charge is 2.23. The first-order chi connectivity index (χ1) is 11.1. The maximum atomic E-state index is 11.8. The topological polar surface area (TPSA) is 45.2 Å². The maximum absolute atomic E-state index is 11.8. The molecule has 0 saturated heterocycles. The minimum atomic E-state index is 0.112. The van der Waals surface area contributed by atoms with Crippen LogP contribution < -0.4 is 5.32 Å². The van der Waals surface area contributed by atoms with Crippen LogP contribution in [0.3, 0.4) is 0 Å². The van der Waals surface area contributed by atoms with Gasteiger partial charge in [0.25, 0.3) is 0 Å². The summed E-state index contributed by atoms with van der Waals surface area (Å²) in [6, 6.07) is 9.01. The molecule has 122 valence electrons. The van der Waals surface area contributed by atoms with Crippen LogP contribution in [0.1, 0.15) is 31.0 Å². The maximum Gasteiger partial charge on any atom is 0.234 e. The Labute approximate surface area is 141 Å². The van der Waals surface area contributed by atoms with Gasteiger partial charge in [0.15, 0.2) is 0 Å². The van der Waals surface area contributed by atoms with E-state index in [-0.39, 0.29) is 5.91 Å². The number of benzene rings is 1. The normalized spacial score (nSPS) is 14.2. The fourth-order valence-corrected chi connectivity index (χ4v) is 3.29. The highest BCUT2D eigenvalue weighted by molar-refractivity contribution is 7.13. The van der Waals surface area contributed by atoms with Gasteiger partial charge in [-0.1, -0.05) is 31.2 Å². The van der Waals surface area contributed by atoms with Gasteiger partial charge in [0.05, 0.1) is 12.2 Å². The van der Waals surface area contributed by atoms with Crippen molar-refractivity contribution in [2.24, 2.45) is 0 Å². The summed E-state index contributed by atoms with van der Waals surface area (Å²) < 4.78 is 0. The van der Waals surface area contributed by atoms with E-state index in [1.807, 2.05) is 11.9 Å². The van der Waals surface area contributed by atoms with Crippen LogP contribution in [0.5, 0.6) is 0 Å². The number of likely N-dealkylation sites (N-methyl/N-ethyl adjacent to an activating group) is 1. The van der Waals surface area contributed by atoms with Gasteiger partial charge in [-0.25, -0.2) is 4.98 Å². The number of hydrogen-bond donors (Lipinski definition) is 1. The van der Waals surface area contributed by atoms with Crippen LogP contribution >= 0.6 is 11.3 Å². The van der Waals surface area contributed by atoms with Gasteiger partial charge in [-0.3, -0.25) is 9.69 Å². The average Bonchev–Trinajstić information content (AvgIpc) is 3.22. The Morgan fingerprint density at radius 3 is 2.74 bits per heavy atom. The van der Waals surface area contributed by atoms with Gasteiger partial charge in [0.2, 0.25) is 5.91 Å². The minimum absolute atomic E-state index is 0.112. The van der Waals surface area contributed by atoms with Gasteiger partial charge in [0, 0.05) is 23.5 Å². The largest absolute Gasteiger partial charge is 0.352 e. The lowest BCUT2D eigenvalue weighted by Gasteiger charge is -2.14. The summed E-state index contributed by atoms with van der Waals surface area (Å²) in [4.78, 5) is 18.5. The number of nitrogens with zero attached hydrogens (tertiary/aromatic N) is 2. The van der Waals surface area contributed by atoms with E-state index in [1.54, 1.807) is 11.3 Å². The van der Waals surface area contributed by atoms with E-state index in [4.69, 9.17) is 4.98 Å². The quantitative estimate of drug-likeness (QED) is 0.849. The highest BCUT2D eigenvalue weighted by Crippen LogP contribution is 2.24. The van der Waals surface area contributed by atoms with Crippen molar-refractivity contribution in [3.8, 4) is 10.6 Å². The second-order valence-electron chi connectivity index (χ2n) is 6.21. The van der Waals surface area contributed by atoms with Crippen LogP contribution in [-0.2, 0) is 17.8 Å². The number of carbonyl (C=O) groups excluding carboxylic acids is 1.